The Labute approximate surface area is 97.9 Å². The van der Waals surface area contributed by atoms with E-state index in [2.05, 4.69) is 4.74 Å². The molecule has 1 aromatic carbocycles. The van der Waals surface area contributed by atoms with Gasteiger partial charge in [-0.2, -0.15) is 0 Å². The number of rotatable bonds is 3. The summed E-state index contributed by atoms with van der Waals surface area (Å²) in [5.74, 6) is 0.764. The second-order valence-electron chi connectivity index (χ2n) is 3.35. The Morgan fingerprint density at radius 3 is 2.29 bits per heavy atom. The van der Waals surface area contributed by atoms with Crippen LogP contribution in [0.25, 0.3) is 11.0 Å². The molecule has 0 amide bonds. The summed E-state index contributed by atoms with van der Waals surface area (Å²) in [6, 6.07) is 5.01. The molecule has 1 aromatic heterocycles. The van der Waals surface area contributed by atoms with Crippen molar-refractivity contribution in [3.8, 4) is 11.5 Å². The molecule has 0 fully saturated rings. The van der Waals surface area contributed by atoms with E-state index >= 15 is 0 Å². The normalized spacial score (nSPS) is 10.3. The third-order valence-electron chi connectivity index (χ3n) is 2.41. The molecule has 5 heteroatoms. The summed E-state index contributed by atoms with van der Waals surface area (Å²) in [6.45, 7) is 0. The average Bonchev–Trinajstić information content (AvgIpc) is 2.78. The van der Waals surface area contributed by atoms with E-state index in [1.807, 2.05) is 0 Å². The van der Waals surface area contributed by atoms with E-state index in [1.165, 1.54) is 14.2 Å². The second-order valence-corrected chi connectivity index (χ2v) is 3.35. The van der Waals surface area contributed by atoms with E-state index in [1.54, 1.807) is 25.3 Å². The molecular formula is C12H12O5. The summed E-state index contributed by atoms with van der Waals surface area (Å²) >= 11 is 0. The molecule has 2 rings (SSSR count). The highest BCUT2D eigenvalue weighted by molar-refractivity contribution is 5.93. The van der Waals surface area contributed by atoms with Crippen molar-refractivity contribution in [2.75, 3.05) is 21.3 Å². The van der Waals surface area contributed by atoms with E-state index in [-0.39, 0.29) is 5.76 Å². The summed E-state index contributed by atoms with van der Waals surface area (Å²) in [5.41, 5.74) is 0.544. The van der Waals surface area contributed by atoms with Gasteiger partial charge in [0.1, 0.15) is 5.58 Å². The maximum Gasteiger partial charge on any atom is 0.373 e. The molecule has 90 valence electrons. The van der Waals surface area contributed by atoms with E-state index in [9.17, 15) is 4.79 Å². The molecular weight excluding hydrogens is 224 g/mol. The van der Waals surface area contributed by atoms with Crippen LogP contribution in [0, 0.1) is 0 Å². The number of hydrogen-bond acceptors (Lipinski definition) is 5. The van der Waals surface area contributed by atoms with Crippen molar-refractivity contribution in [2.45, 2.75) is 0 Å². The van der Waals surface area contributed by atoms with Crippen molar-refractivity contribution in [1.29, 1.82) is 0 Å². The van der Waals surface area contributed by atoms with Crippen LogP contribution in [0.3, 0.4) is 0 Å². The molecule has 0 radical (unpaired) electrons. The minimum atomic E-state index is -0.515. The van der Waals surface area contributed by atoms with Gasteiger partial charge in [0.25, 0.3) is 0 Å². The lowest BCUT2D eigenvalue weighted by molar-refractivity contribution is 0.0567. The Kier molecular flexibility index (Phi) is 2.91. The molecule has 0 bridgehead atoms. The number of carbonyl (C=O) groups is 1. The largest absolute Gasteiger partial charge is 0.493 e. The number of esters is 1. The molecule has 0 saturated carbocycles. The van der Waals surface area contributed by atoms with Crippen LogP contribution in [0.4, 0.5) is 0 Å². The van der Waals surface area contributed by atoms with E-state index in [0.29, 0.717) is 17.1 Å². The van der Waals surface area contributed by atoms with Gasteiger partial charge in [0, 0.05) is 11.5 Å². The first kappa shape index (κ1) is 11.3. The SMILES string of the molecule is COC(=O)c1cc2cc(OC)c(OC)cc2o1. The highest BCUT2D eigenvalue weighted by Gasteiger charge is 2.15. The number of benzene rings is 1. The van der Waals surface area contributed by atoms with Gasteiger partial charge in [-0.3, -0.25) is 0 Å². The maximum atomic E-state index is 11.3. The van der Waals surface area contributed by atoms with E-state index in [0.717, 1.165) is 5.39 Å². The van der Waals surface area contributed by atoms with Crippen molar-refractivity contribution >= 4 is 16.9 Å². The van der Waals surface area contributed by atoms with Crippen LogP contribution in [0.15, 0.2) is 22.6 Å². The summed E-state index contributed by atoms with van der Waals surface area (Å²) in [7, 11) is 4.38. The van der Waals surface area contributed by atoms with Crippen LogP contribution >= 0.6 is 0 Å². The van der Waals surface area contributed by atoms with Crippen LogP contribution < -0.4 is 9.47 Å². The predicted octanol–water partition coefficient (Wildman–Crippen LogP) is 2.24. The lowest BCUT2D eigenvalue weighted by Crippen LogP contribution is -1.97. The summed E-state index contributed by atoms with van der Waals surface area (Å²) in [6.07, 6.45) is 0. The Bertz CT molecular complexity index is 514. The molecule has 0 aliphatic carbocycles. The fourth-order valence-electron chi connectivity index (χ4n) is 1.57. The van der Waals surface area contributed by atoms with Gasteiger partial charge in [-0.25, -0.2) is 4.79 Å². The molecule has 0 aliphatic heterocycles. The van der Waals surface area contributed by atoms with E-state index in [4.69, 9.17) is 13.9 Å². The predicted molar refractivity (Wildman–Crippen MR) is 60.7 cm³/mol. The van der Waals surface area contributed by atoms with Gasteiger partial charge in [0.05, 0.1) is 21.3 Å². The third-order valence-corrected chi connectivity index (χ3v) is 2.41. The van der Waals surface area contributed by atoms with Crippen LogP contribution in [0.5, 0.6) is 11.5 Å². The number of methoxy groups -OCH3 is 3. The smallest absolute Gasteiger partial charge is 0.373 e. The molecule has 5 nitrogen and oxygen atoms in total. The zero-order chi connectivity index (χ0) is 12.4. The topological polar surface area (TPSA) is 57.9 Å². The van der Waals surface area contributed by atoms with E-state index < -0.39 is 5.97 Å². The molecule has 0 N–H and O–H groups in total. The molecule has 0 unspecified atom stereocenters. The third kappa shape index (κ3) is 1.91. The van der Waals surface area contributed by atoms with Crippen molar-refractivity contribution < 1.29 is 23.4 Å². The fourth-order valence-corrected chi connectivity index (χ4v) is 1.57. The molecule has 17 heavy (non-hydrogen) atoms. The van der Waals surface area contributed by atoms with Gasteiger partial charge in [-0.05, 0) is 12.1 Å². The van der Waals surface area contributed by atoms with Crippen molar-refractivity contribution in [3.63, 3.8) is 0 Å². The zero-order valence-corrected chi connectivity index (χ0v) is 9.77. The average molecular weight is 236 g/mol. The van der Waals surface area contributed by atoms with Gasteiger partial charge in [0.2, 0.25) is 5.76 Å². The number of furan rings is 1. The highest BCUT2D eigenvalue weighted by Crippen LogP contribution is 2.33. The molecule has 0 saturated heterocycles. The maximum absolute atomic E-state index is 11.3. The first-order chi connectivity index (χ1) is 8.19. The minimum Gasteiger partial charge on any atom is -0.493 e. The lowest BCUT2D eigenvalue weighted by Gasteiger charge is -2.06. The van der Waals surface area contributed by atoms with Gasteiger partial charge < -0.3 is 18.6 Å². The van der Waals surface area contributed by atoms with Gasteiger partial charge in [-0.1, -0.05) is 0 Å². The molecule has 2 aromatic rings. The first-order valence-electron chi connectivity index (χ1n) is 4.93. The summed E-state index contributed by atoms with van der Waals surface area (Å²) in [5, 5.41) is 0.753. The first-order valence-corrected chi connectivity index (χ1v) is 4.93. The zero-order valence-electron chi connectivity index (χ0n) is 9.77. The lowest BCUT2D eigenvalue weighted by atomic mass is 10.2. The van der Waals surface area contributed by atoms with Crippen LogP contribution in [0.1, 0.15) is 10.6 Å². The monoisotopic (exact) mass is 236 g/mol. The Balaban J connectivity index is 2.57. The van der Waals surface area contributed by atoms with Gasteiger partial charge in [0.15, 0.2) is 11.5 Å². The number of hydrogen-bond donors (Lipinski definition) is 0. The molecule has 0 atom stereocenters. The number of carbonyl (C=O) groups excluding carboxylic acids is 1. The standard InChI is InChI=1S/C12H12O5/c1-14-9-4-7-5-11(12(13)16-3)17-8(7)6-10(9)15-2/h4-6H,1-3H3. The van der Waals surface area contributed by atoms with Crippen LogP contribution in [-0.4, -0.2) is 27.3 Å². The number of ether oxygens (including phenoxy) is 3. The molecule has 0 aliphatic rings. The Morgan fingerprint density at radius 2 is 1.71 bits per heavy atom. The number of fused-ring (bicyclic) bond motifs is 1. The van der Waals surface area contributed by atoms with Crippen molar-refractivity contribution in [3.05, 3.63) is 24.0 Å². The van der Waals surface area contributed by atoms with Crippen LogP contribution in [0.2, 0.25) is 0 Å². The van der Waals surface area contributed by atoms with Crippen molar-refractivity contribution in [1.82, 2.24) is 0 Å². The Morgan fingerprint density at radius 1 is 1.06 bits per heavy atom. The second kappa shape index (κ2) is 4.37. The molecule has 1 heterocycles. The summed E-state index contributed by atoms with van der Waals surface area (Å²) < 4.78 is 20.2. The van der Waals surface area contributed by atoms with Gasteiger partial charge in [-0.15, -0.1) is 0 Å². The summed E-state index contributed by atoms with van der Waals surface area (Å²) in [4.78, 5) is 11.3. The minimum absolute atomic E-state index is 0.151. The fraction of sp³-hybridized carbons (Fsp3) is 0.250. The molecule has 0 spiro atoms. The van der Waals surface area contributed by atoms with Crippen molar-refractivity contribution in [2.24, 2.45) is 0 Å². The Hall–Kier alpha value is -2.17. The van der Waals surface area contributed by atoms with Crippen LogP contribution in [-0.2, 0) is 4.74 Å². The highest BCUT2D eigenvalue weighted by atomic mass is 16.5. The van der Waals surface area contributed by atoms with Gasteiger partial charge >= 0.3 is 5.97 Å². The quantitative estimate of drug-likeness (QED) is 0.765.